The normalized spacial score (nSPS) is 12.7. The standard InChI is InChI=1S/C22H16O3S/c23-11-13-1-5-17-15(9-13)3-7-19-21(17)26-22-18-6-2-14(12-24)10-16(18)4-8-20(22)25-19/h1-10,23-24H,11-12H2. The highest BCUT2D eigenvalue weighted by atomic mass is 32.2. The third-order valence-corrected chi connectivity index (χ3v) is 6.04. The number of benzene rings is 4. The molecule has 1 aliphatic heterocycles. The van der Waals surface area contributed by atoms with E-state index in [1.54, 1.807) is 11.8 Å². The summed E-state index contributed by atoms with van der Waals surface area (Å²) in [6, 6.07) is 20.1. The molecule has 4 aromatic rings. The molecule has 4 heteroatoms. The Morgan fingerprint density at radius 1 is 0.654 bits per heavy atom. The smallest absolute Gasteiger partial charge is 0.142 e. The zero-order valence-corrected chi connectivity index (χ0v) is 14.7. The summed E-state index contributed by atoms with van der Waals surface area (Å²) in [5.74, 6) is 1.72. The molecule has 0 atom stereocenters. The highest BCUT2D eigenvalue weighted by molar-refractivity contribution is 8.00. The molecule has 1 aliphatic rings. The van der Waals surface area contributed by atoms with Gasteiger partial charge in [0, 0.05) is 0 Å². The van der Waals surface area contributed by atoms with Gasteiger partial charge in [-0.2, -0.15) is 0 Å². The van der Waals surface area contributed by atoms with Gasteiger partial charge in [0.25, 0.3) is 0 Å². The van der Waals surface area contributed by atoms with Gasteiger partial charge in [0.15, 0.2) is 0 Å². The first-order valence-electron chi connectivity index (χ1n) is 8.45. The summed E-state index contributed by atoms with van der Waals surface area (Å²) < 4.78 is 6.19. The molecule has 0 aromatic heterocycles. The molecular weight excluding hydrogens is 344 g/mol. The van der Waals surface area contributed by atoms with Crippen molar-refractivity contribution in [2.24, 2.45) is 0 Å². The van der Waals surface area contributed by atoms with Gasteiger partial charge < -0.3 is 14.9 Å². The van der Waals surface area contributed by atoms with Gasteiger partial charge >= 0.3 is 0 Å². The maximum Gasteiger partial charge on any atom is 0.142 e. The summed E-state index contributed by atoms with van der Waals surface area (Å²) in [7, 11) is 0. The van der Waals surface area contributed by atoms with Crippen LogP contribution in [0.2, 0.25) is 0 Å². The van der Waals surface area contributed by atoms with Crippen molar-refractivity contribution in [3.05, 3.63) is 71.8 Å². The predicted octanol–water partition coefficient (Wildman–Crippen LogP) is 5.23. The predicted molar refractivity (Wildman–Crippen MR) is 104 cm³/mol. The maximum atomic E-state index is 9.38. The Labute approximate surface area is 154 Å². The molecule has 1 heterocycles. The lowest BCUT2D eigenvalue weighted by Gasteiger charge is -2.22. The van der Waals surface area contributed by atoms with E-state index in [-0.39, 0.29) is 13.2 Å². The van der Waals surface area contributed by atoms with Gasteiger partial charge in [0.2, 0.25) is 0 Å². The molecule has 26 heavy (non-hydrogen) atoms. The second kappa shape index (κ2) is 6.02. The van der Waals surface area contributed by atoms with Crippen molar-refractivity contribution >= 4 is 33.3 Å². The number of ether oxygens (including phenoxy) is 1. The van der Waals surface area contributed by atoms with Crippen molar-refractivity contribution in [2.75, 3.05) is 0 Å². The molecule has 0 bridgehead atoms. The summed E-state index contributed by atoms with van der Waals surface area (Å²) in [5, 5.41) is 23.2. The van der Waals surface area contributed by atoms with E-state index in [0.29, 0.717) is 0 Å². The van der Waals surface area contributed by atoms with Gasteiger partial charge in [-0.05, 0) is 56.9 Å². The van der Waals surface area contributed by atoms with Crippen LogP contribution in [0.5, 0.6) is 11.5 Å². The lowest BCUT2D eigenvalue weighted by atomic mass is 10.1. The lowest BCUT2D eigenvalue weighted by molar-refractivity contribution is 0.282. The number of aliphatic hydroxyl groups excluding tert-OH is 2. The maximum absolute atomic E-state index is 9.38. The van der Waals surface area contributed by atoms with Gasteiger partial charge in [-0.3, -0.25) is 0 Å². The Morgan fingerprint density at radius 2 is 1.15 bits per heavy atom. The molecule has 0 amide bonds. The molecule has 5 rings (SSSR count). The second-order valence-electron chi connectivity index (χ2n) is 6.42. The van der Waals surface area contributed by atoms with E-state index in [0.717, 1.165) is 54.0 Å². The van der Waals surface area contributed by atoms with E-state index in [1.807, 2.05) is 48.5 Å². The van der Waals surface area contributed by atoms with Gasteiger partial charge in [-0.15, -0.1) is 0 Å². The van der Waals surface area contributed by atoms with Crippen LogP contribution in [-0.4, -0.2) is 10.2 Å². The van der Waals surface area contributed by atoms with Crippen LogP contribution < -0.4 is 4.74 Å². The van der Waals surface area contributed by atoms with Crippen LogP contribution in [0, 0.1) is 0 Å². The monoisotopic (exact) mass is 360 g/mol. The Hall–Kier alpha value is -2.53. The first-order valence-corrected chi connectivity index (χ1v) is 9.27. The Bertz CT molecular complexity index is 1080. The summed E-state index contributed by atoms with van der Waals surface area (Å²) >= 11 is 1.72. The molecule has 0 saturated carbocycles. The topological polar surface area (TPSA) is 49.7 Å². The first-order chi connectivity index (χ1) is 12.8. The van der Waals surface area contributed by atoms with Crippen LogP contribution in [0.25, 0.3) is 21.5 Å². The zero-order valence-electron chi connectivity index (χ0n) is 13.9. The minimum atomic E-state index is 0.0390. The fourth-order valence-corrected chi connectivity index (χ4v) is 4.67. The van der Waals surface area contributed by atoms with Gasteiger partial charge in [0.1, 0.15) is 11.5 Å². The summed E-state index contributed by atoms with van der Waals surface area (Å²) in [6.45, 7) is 0.0780. The Kier molecular flexibility index (Phi) is 3.64. The van der Waals surface area contributed by atoms with Crippen molar-refractivity contribution in [3.63, 3.8) is 0 Å². The van der Waals surface area contributed by atoms with Gasteiger partial charge in [0.05, 0.1) is 23.0 Å². The van der Waals surface area contributed by atoms with Crippen molar-refractivity contribution in [1.29, 1.82) is 0 Å². The average molecular weight is 360 g/mol. The first kappa shape index (κ1) is 15.7. The fourth-order valence-electron chi connectivity index (χ4n) is 3.45. The van der Waals surface area contributed by atoms with Crippen molar-refractivity contribution in [1.82, 2.24) is 0 Å². The Morgan fingerprint density at radius 3 is 1.62 bits per heavy atom. The highest BCUT2D eigenvalue weighted by Gasteiger charge is 2.22. The lowest BCUT2D eigenvalue weighted by Crippen LogP contribution is -1.97. The largest absolute Gasteiger partial charge is 0.455 e. The van der Waals surface area contributed by atoms with Crippen LogP contribution >= 0.6 is 11.8 Å². The van der Waals surface area contributed by atoms with Crippen LogP contribution in [0.3, 0.4) is 0 Å². The van der Waals surface area contributed by atoms with E-state index in [9.17, 15) is 10.2 Å². The summed E-state index contributed by atoms with van der Waals surface area (Å²) in [4.78, 5) is 2.19. The van der Waals surface area contributed by atoms with E-state index < -0.39 is 0 Å². The Balaban J connectivity index is 1.70. The minimum Gasteiger partial charge on any atom is -0.455 e. The van der Waals surface area contributed by atoms with Crippen molar-refractivity contribution in [2.45, 2.75) is 23.0 Å². The molecule has 4 aromatic carbocycles. The van der Waals surface area contributed by atoms with Crippen molar-refractivity contribution < 1.29 is 14.9 Å². The van der Waals surface area contributed by atoms with E-state index in [1.165, 1.54) is 0 Å². The second-order valence-corrected chi connectivity index (χ2v) is 7.44. The van der Waals surface area contributed by atoms with Gasteiger partial charge in [-0.1, -0.05) is 48.2 Å². The molecule has 0 fully saturated rings. The molecule has 0 saturated heterocycles. The van der Waals surface area contributed by atoms with Crippen LogP contribution in [0.15, 0.2) is 70.5 Å². The van der Waals surface area contributed by atoms with E-state index >= 15 is 0 Å². The van der Waals surface area contributed by atoms with Crippen LogP contribution in [-0.2, 0) is 13.2 Å². The number of hydrogen-bond acceptors (Lipinski definition) is 4. The van der Waals surface area contributed by atoms with E-state index in [2.05, 4.69) is 12.1 Å². The summed E-state index contributed by atoms with van der Waals surface area (Å²) in [5.41, 5.74) is 1.81. The number of rotatable bonds is 2. The molecule has 0 radical (unpaired) electrons. The minimum absolute atomic E-state index is 0.0390. The number of fused-ring (bicyclic) bond motifs is 6. The molecule has 0 aliphatic carbocycles. The average Bonchev–Trinajstić information content (AvgIpc) is 2.71. The van der Waals surface area contributed by atoms with Gasteiger partial charge in [-0.25, -0.2) is 0 Å². The zero-order chi connectivity index (χ0) is 17.7. The fraction of sp³-hybridized carbons (Fsp3) is 0.0909. The highest BCUT2D eigenvalue weighted by Crippen LogP contribution is 2.52. The number of hydrogen-bond donors (Lipinski definition) is 2. The molecule has 2 N–H and O–H groups in total. The number of aliphatic hydroxyl groups is 2. The molecular formula is C22H16O3S. The molecule has 0 spiro atoms. The molecule has 3 nitrogen and oxygen atoms in total. The SMILES string of the molecule is OCc1ccc2c3c(ccc2c1)Oc1ccc2cc(CO)ccc2c1S3. The quantitative estimate of drug-likeness (QED) is 0.452. The van der Waals surface area contributed by atoms with Crippen LogP contribution in [0.1, 0.15) is 11.1 Å². The molecule has 0 unspecified atom stereocenters. The summed E-state index contributed by atoms with van der Waals surface area (Å²) in [6.07, 6.45) is 0. The third-order valence-electron chi connectivity index (χ3n) is 4.79. The third kappa shape index (κ3) is 2.38. The molecule has 128 valence electrons. The van der Waals surface area contributed by atoms with Crippen molar-refractivity contribution in [3.8, 4) is 11.5 Å². The van der Waals surface area contributed by atoms with E-state index in [4.69, 9.17) is 4.74 Å². The van der Waals surface area contributed by atoms with Crippen LogP contribution in [0.4, 0.5) is 0 Å².